The van der Waals surface area contributed by atoms with Gasteiger partial charge in [0.2, 0.25) is 6.29 Å². The zero-order valence-corrected chi connectivity index (χ0v) is 29.5. The van der Waals surface area contributed by atoms with Gasteiger partial charge < -0.3 is 23.7 Å². The van der Waals surface area contributed by atoms with Crippen LogP contribution in [0.15, 0.2) is 30.3 Å². The van der Waals surface area contributed by atoms with E-state index in [1.54, 1.807) is 6.92 Å². The summed E-state index contributed by atoms with van der Waals surface area (Å²) >= 11 is 5.70. The molecule has 44 heavy (non-hydrogen) atoms. The highest BCUT2D eigenvalue weighted by molar-refractivity contribution is 6.33. The van der Waals surface area contributed by atoms with Crippen molar-refractivity contribution in [1.29, 1.82) is 0 Å². The molecule has 5 atom stereocenters. The minimum atomic E-state index is -0.839. The lowest BCUT2D eigenvalue weighted by Gasteiger charge is -2.39. The number of methoxy groups -OCH3 is 1. The number of alkyl halides is 1. The quantitative estimate of drug-likeness (QED) is 0.148. The third-order valence-corrected chi connectivity index (χ3v) is 8.51. The van der Waals surface area contributed by atoms with Crippen molar-refractivity contribution in [1.82, 2.24) is 0 Å². The number of carbonyl (C=O) groups excluding carboxylic acids is 4. The third-order valence-electron chi connectivity index (χ3n) is 8.09. The first-order chi connectivity index (χ1) is 20.3. The van der Waals surface area contributed by atoms with Gasteiger partial charge in [-0.3, -0.25) is 19.2 Å². The molecule has 0 N–H and O–H groups in total. The van der Waals surface area contributed by atoms with Crippen LogP contribution < -0.4 is 0 Å². The first kappa shape index (κ1) is 41.4. The minimum Gasteiger partial charge on any atom is -0.468 e. The fourth-order valence-electron chi connectivity index (χ4n) is 3.35. The lowest BCUT2D eigenvalue weighted by atomic mass is 9.88. The maximum Gasteiger partial charge on any atom is 0.326 e. The Hall–Kier alpha value is -2.65. The van der Waals surface area contributed by atoms with E-state index in [4.69, 9.17) is 30.5 Å². The standard InChI is InChI=1S/C15H26O5.C13H18O2.C6H11ClO2/c1-7-15(5,6)14(17)20-13-12(19-11(4)16)10(3)9(2)8-18-13;1-4-13(2,3)12(14)15-10-11-8-6-5-7-9-11;1-4-6(2,7)5(8)9-3/h9-10,12-13H,7-8H2,1-6H3;5-9H,4,10H2,1-3H3;4H2,1-3H3. The van der Waals surface area contributed by atoms with Gasteiger partial charge in [0.05, 0.1) is 24.5 Å². The number of rotatable bonds is 10. The molecule has 1 aromatic carbocycles. The fraction of sp³-hybridized carbons (Fsp3) is 0.706. The molecule has 1 fully saturated rings. The largest absolute Gasteiger partial charge is 0.468 e. The van der Waals surface area contributed by atoms with E-state index >= 15 is 0 Å². The van der Waals surface area contributed by atoms with E-state index < -0.39 is 28.7 Å². The Kier molecular flexibility index (Phi) is 17.9. The van der Waals surface area contributed by atoms with Gasteiger partial charge in [-0.2, -0.15) is 0 Å². The smallest absolute Gasteiger partial charge is 0.326 e. The molecular weight excluding hydrogens is 588 g/mol. The van der Waals surface area contributed by atoms with Crippen LogP contribution in [0.4, 0.5) is 0 Å². The van der Waals surface area contributed by atoms with E-state index in [9.17, 15) is 19.2 Å². The number of ether oxygens (including phenoxy) is 5. The molecule has 5 unspecified atom stereocenters. The number of hydrogen-bond acceptors (Lipinski definition) is 9. The van der Waals surface area contributed by atoms with Crippen molar-refractivity contribution in [2.75, 3.05) is 13.7 Å². The Labute approximate surface area is 269 Å². The number of carbonyl (C=O) groups is 4. The second-order valence-electron chi connectivity index (χ2n) is 12.6. The molecule has 0 saturated carbocycles. The highest BCUT2D eigenvalue weighted by atomic mass is 35.5. The summed E-state index contributed by atoms with van der Waals surface area (Å²) in [5, 5.41) is 0. The monoisotopic (exact) mass is 642 g/mol. The molecule has 1 aliphatic rings. The van der Waals surface area contributed by atoms with Gasteiger partial charge in [-0.25, -0.2) is 0 Å². The molecule has 252 valence electrons. The summed E-state index contributed by atoms with van der Waals surface area (Å²) in [5.74, 6) is -0.900. The number of halogens is 1. The van der Waals surface area contributed by atoms with Crippen LogP contribution in [-0.2, 0) is 49.5 Å². The van der Waals surface area contributed by atoms with Gasteiger partial charge >= 0.3 is 23.9 Å². The Morgan fingerprint density at radius 2 is 1.36 bits per heavy atom. The number of benzene rings is 1. The number of hydrogen-bond donors (Lipinski definition) is 0. The summed E-state index contributed by atoms with van der Waals surface area (Å²) in [6, 6.07) is 9.72. The summed E-state index contributed by atoms with van der Waals surface area (Å²) in [4.78, 5) is 44.9. The molecule has 0 radical (unpaired) electrons. The van der Waals surface area contributed by atoms with E-state index in [0.29, 0.717) is 26.1 Å². The summed E-state index contributed by atoms with van der Waals surface area (Å²) in [7, 11) is 1.33. The molecule has 0 bridgehead atoms. The molecule has 0 aliphatic carbocycles. The van der Waals surface area contributed by atoms with Crippen molar-refractivity contribution < 1.29 is 42.9 Å². The average Bonchev–Trinajstić information content (AvgIpc) is 2.99. The molecule has 10 heteroatoms. The van der Waals surface area contributed by atoms with E-state index in [-0.39, 0.29) is 35.2 Å². The Morgan fingerprint density at radius 3 is 1.80 bits per heavy atom. The molecule has 1 heterocycles. The summed E-state index contributed by atoms with van der Waals surface area (Å²) in [6.45, 7) is 21.1. The maximum absolute atomic E-state index is 12.1. The maximum atomic E-state index is 12.1. The van der Waals surface area contributed by atoms with Gasteiger partial charge in [-0.05, 0) is 65.4 Å². The first-order valence-electron chi connectivity index (χ1n) is 15.3. The van der Waals surface area contributed by atoms with Crippen LogP contribution in [0.25, 0.3) is 0 Å². The highest BCUT2D eigenvalue weighted by Crippen LogP contribution is 2.31. The minimum absolute atomic E-state index is 0.0789. The summed E-state index contributed by atoms with van der Waals surface area (Å²) in [6.07, 6.45) is 0.682. The van der Waals surface area contributed by atoms with Crippen molar-refractivity contribution in [3.63, 3.8) is 0 Å². The van der Waals surface area contributed by atoms with Crippen molar-refractivity contribution in [3.8, 4) is 0 Å². The van der Waals surface area contributed by atoms with Crippen molar-refractivity contribution >= 4 is 35.5 Å². The fourth-order valence-corrected chi connectivity index (χ4v) is 3.43. The SMILES string of the molecule is CCC(C)(C)C(=O)OC1OCC(C)C(C)C1OC(C)=O.CCC(C)(C)C(=O)OCc1ccccc1.CCC(C)(Cl)C(=O)OC. The van der Waals surface area contributed by atoms with Gasteiger partial charge in [-0.1, -0.05) is 65.0 Å². The lowest BCUT2D eigenvalue weighted by molar-refractivity contribution is -0.249. The lowest BCUT2D eigenvalue weighted by Crippen LogP contribution is -2.49. The van der Waals surface area contributed by atoms with Crippen molar-refractivity contribution in [2.45, 2.75) is 119 Å². The first-order valence-corrected chi connectivity index (χ1v) is 15.7. The predicted octanol–water partition coefficient (Wildman–Crippen LogP) is 7.26. The molecular formula is C34H55ClO9. The van der Waals surface area contributed by atoms with Crippen LogP contribution >= 0.6 is 11.6 Å². The second-order valence-corrected chi connectivity index (χ2v) is 13.4. The van der Waals surface area contributed by atoms with Gasteiger partial charge in [0.25, 0.3) is 0 Å². The Morgan fingerprint density at radius 1 is 0.841 bits per heavy atom. The molecule has 2 rings (SSSR count). The third kappa shape index (κ3) is 14.0. The van der Waals surface area contributed by atoms with Crippen molar-refractivity contribution in [2.24, 2.45) is 22.7 Å². The van der Waals surface area contributed by atoms with E-state index in [1.165, 1.54) is 14.0 Å². The predicted molar refractivity (Wildman–Crippen MR) is 171 cm³/mol. The topological polar surface area (TPSA) is 114 Å². The molecule has 1 saturated heterocycles. The zero-order valence-electron chi connectivity index (χ0n) is 28.8. The normalized spacial score (nSPS) is 21.1. The van der Waals surface area contributed by atoms with E-state index in [0.717, 1.165) is 12.0 Å². The molecule has 1 aliphatic heterocycles. The van der Waals surface area contributed by atoms with Crippen LogP contribution in [-0.4, -0.2) is 54.9 Å². The average molecular weight is 643 g/mol. The molecule has 0 spiro atoms. The highest BCUT2D eigenvalue weighted by Gasteiger charge is 2.42. The van der Waals surface area contributed by atoms with Gasteiger partial charge in [0.15, 0.2) is 6.10 Å². The zero-order chi connectivity index (χ0) is 34.3. The van der Waals surface area contributed by atoms with E-state index in [2.05, 4.69) is 4.74 Å². The summed E-state index contributed by atoms with van der Waals surface area (Å²) < 4.78 is 26.0. The van der Waals surface area contributed by atoms with Gasteiger partial charge in [0.1, 0.15) is 11.5 Å². The van der Waals surface area contributed by atoms with Crippen LogP contribution in [0.1, 0.15) is 101 Å². The van der Waals surface area contributed by atoms with Crippen molar-refractivity contribution in [3.05, 3.63) is 35.9 Å². The summed E-state index contributed by atoms with van der Waals surface area (Å²) in [5.41, 5.74) is 0.0725. The molecule has 0 amide bonds. The van der Waals surface area contributed by atoms with Gasteiger partial charge in [-0.15, -0.1) is 11.6 Å². The molecule has 9 nitrogen and oxygen atoms in total. The van der Waals surface area contributed by atoms with E-state index in [1.807, 2.05) is 92.6 Å². The Bertz CT molecular complexity index is 1040. The van der Waals surface area contributed by atoms with Gasteiger partial charge in [0, 0.05) is 12.8 Å². The molecule has 0 aromatic heterocycles. The van der Waals surface area contributed by atoms with Crippen LogP contribution in [0.5, 0.6) is 0 Å². The Balaban J connectivity index is 0.000000679. The second kappa shape index (κ2) is 19.0. The van der Waals surface area contributed by atoms with Crippen LogP contribution in [0, 0.1) is 22.7 Å². The number of esters is 4. The molecule has 1 aromatic rings. The van der Waals surface area contributed by atoms with Crippen LogP contribution in [0.3, 0.4) is 0 Å². The van der Waals surface area contributed by atoms with Crippen LogP contribution in [0.2, 0.25) is 0 Å².